The standard InChI is InChI=1S/C15H26N2/c1-5-12(2)11-17(4)15-9-7-6-8-14(15)10-13(3)16/h6-9,12-13H,5,10-11,16H2,1-4H3. The molecule has 2 unspecified atom stereocenters. The van der Waals surface area contributed by atoms with Crippen molar-refractivity contribution in [1.82, 2.24) is 0 Å². The molecule has 0 saturated carbocycles. The fourth-order valence-electron chi connectivity index (χ4n) is 2.10. The second kappa shape index (κ2) is 6.65. The number of para-hydroxylation sites is 1. The molecule has 0 radical (unpaired) electrons. The van der Waals surface area contributed by atoms with Crippen molar-refractivity contribution >= 4 is 5.69 Å². The minimum Gasteiger partial charge on any atom is -0.374 e. The first-order chi connectivity index (χ1) is 8.04. The maximum absolute atomic E-state index is 5.90. The lowest BCUT2D eigenvalue weighted by molar-refractivity contribution is 0.558. The molecule has 0 aliphatic heterocycles. The molecule has 2 heteroatoms. The van der Waals surface area contributed by atoms with Crippen LogP contribution in [0.5, 0.6) is 0 Å². The van der Waals surface area contributed by atoms with Crippen LogP contribution >= 0.6 is 0 Å². The van der Waals surface area contributed by atoms with Crippen molar-refractivity contribution in [2.45, 2.75) is 39.7 Å². The van der Waals surface area contributed by atoms with Crippen molar-refractivity contribution in [2.75, 3.05) is 18.5 Å². The number of nitrogens with two attached hydrogens (primary N) is 1. The zero-order chi connectivity index (χ0) is 12.8. The molecule has 17 heavy (non-hydrogen) atoms. The van der Waals surface area contributed by atoms with E-state index in [1.54, 1.807) is 0 Å². The SMILES string of the molecule is CCC(C)CN(C)c1ccccc1CC(C)N. The first-order valence-corrected chi connectivity index (χ1v) is 6.59. The number of anilines is 1. The van der Waals surface area contributed by atoms with Gasteiger partial charge in [-0.1, -0.05) is 38.5 Å². The molecule has 96 valence electrons. The minimum atomic E-state index is 0.216. The zero-order valence-corrected chi connectivity index (χ0v) is 11.6. The van der Waals surface area contributed by atoms with Crippen LogP contribution in [-0.4, -0.2) is 19.6 Å². The van der Waals surface area contributed by atoms with Crippen LogP contribution in [0, 0.1) is 5.92 Å². The summed E-state index contributed by atoms with van der Waals surface area (Å²) in [5.74, 6) is 0.725. The van der Waals surface area contributed by atoms with Gasteiger partial charge < -0.3 is 10.6 Å². The lowest BCUT2D eigenvalue weighted by atomic mass is 10.0. The Hall–Kier alpha value is -1.02. The lowest BCUT2D eigenvalue weighted by Gasteiger charge is -2.25. The molecule has 2 N–H and O–H groups in total. The van der Waals surface area contributed by atoms with Crippen LogP contribution in [0.2, 0.25) is 0 Å². The zero-order valence-electron chi connectivity index (χ0n) is 11.6. The molecule has 0 bridgehead atoms. The Morgan fingerprint density at radius 1 is 1.24 bits per heavy atom. The molecule has 0 amide bonds. The summed E-state index contributed by atoms with van der Waals surface area (Å²) < 4.78 is 0. The lowest BCUT2D eigenvalue weighted by Crippen LogP contribution is -2.26. The Kier molecular flexibility index (Phi) is 5.49. The highest BCUT2D eigenvalue weighted by atomic mass is 15.1. The van der Waals surface area contributed by atoms with Gasteiger partial charge in [0, 0.05) is 25.3 Å². The number of hydrogen-bond acceptors (Lipinski definition) is 2. The van der Waals surface area contributed by atoms with Crippen molar-refractivity contribution in [1.29, 1.82) is 0 Å². The van der Waals surface area contributed by atoms with Gasteiger partial charge in [0.1, 0.15) is 0 Å². The molecule has 0 fully saturated rings. The summed E-state index contributed by atoms with van der Waals surface area (Å²) in [5, 5.41) is 0. The highest BCUT2D eigenvalue weighted by Gasteiger charge is 2.10. The highest BCUT2D eigenvalue weighted by Crippen LogP contribution is 2.21. The Morgan fingerprint density at radius 2 is 1.88 bits per heavy atom. The molecule has 2 nitrogen and oxygen atoms in total. The summed E-state index contributed by atoms with van der Waals surface area (Å²) in [6.45, 7) is 7.70. The Bertz CT molecular complexity index is 333. The van der Waals surface area contributed by atoms with E-state index in [1.807, 2.05) is 0 Å². The van der Waals surface area contributed by atoms with E-state index in [2.05, 4.69) is 57.0 Å². The summed E-state index contributed by atoms with van der Waals surface area (Å²) in [6.07, 6.45) is 2.17. The first kappa shape index (κ1) is 14.0. The van der Waals surface area contributed by atoms with E-state index < -0.39 is 0 Å². The highest BCUT2D eigenvalue weighted by molar-refractivity contribution is 5.53. The van der Waals surface area contributed by atoms with E-state index in [9.17, 15) is 0 Å². The summed E-state index contributed by atoms with van der Waals surface area (Å²) >= 11 is 0. The van der Waals surface area contributed by atoms with Crippen LogP contribution in [0.4, 0.5) is 5.69 Å². The van der Waals surface area contributed by atoms with Gasteiger partial charge in [-0.2, -0.15) is 0 Å². The van der Waals surface area contributed by atoms with Crippen molar-refractivity contribution < 1.29 is 0 Å². The van der Waals surface area contributed by atoms with Gasteiger partial charge in [-0.15, -0.1) is 0 Å². The summed E-state index contributed by atoms with van der Waals surface area (Å²) in [6, 6.07) is 8.80. The summed E-state index contributed by atoms with van der Waals surface area (Å²) in [4.78, 5) is 2.35. The van der Waals surface area contributed by atoms with Crippen molar-refractivity contribution in [3.05, 3.63) is 29.8 Å². The Balaban J connectivity index is 2.81. The maximum atomic E-state index is 5.90. The molecular formula is C15H26N2. The van der Waals surface area contributed by atoms with Gasteiger partial charge in [0.05, 0.1) is 0 Å². The molecule has 0 aromatic heterocycles. The largest absolute Gasteiger partial charge is 0.374 e. The van der Waals surface area contributed by atoms with E-state index in [4.69, 9.17) is 5.73 Å². The number of rotatable bonds is 6. The van der Waals surface area contributed by atoms with Gasteiger partial charge in [0.25, 0.3) is 0 Å². The second-order valence-electron chi connectivity index (χ2n) is 5.20. The second-order valence-corrected chi connectivity index (χ2v) is 5.20. The molecular weight excluding hydrogens is 208 g/mol. The van der Waals surface area contributed by atoms with Gasteiger partial charge in [0.15, 0.2) is 0 Å². The van der Waals surface area contributed by atoms with Crippen molar-refractivity contribution in [3.8, 4) is 0 Å². The smallest absolute Gasteiger partial charge is 0.0396 e. The van der Waals surface area contributed by atoms with Crippen LogP contribution in [0.1, 0.15) is 32.8 Å². The van der Waals surface area contributed by atoms with Crippen molar-refractivity contribution in [3.63, 3.8) is 0 Å². The molecule has 1 rings (SSSR count). The average molecular weight is 234 g/mol. The molecule has 2 atom stereocenters. The molecule has 0 spiro atoms. The first-order valence-electron chi connectivity index (χ1n) is 6.59. The van der Waals surface area contributed by atoms with Gasteiger partial charge in [-0.25, -0.2) is 0 Å². The fourth-order valence-corrected chi connectivity index (χ4v) is 2.10. The van der Waals surface area contributed by atoms with E-state index in [0.29, 0.717) is 0 Å². The van der Waals surface area contributed by atoms with Crippen LogP contribution in [0.25, 0.3) is 0 Å². The van der Waals surface area contributed by atoms with Crippen LogP contribution in [-0.2, 0) is 6.42 Å². The minimum absolute atomic E-state index is 0.216. The van der Waals surface area contributed by atoms with E-state index in [-0.39, 0.29) is 6.04 Å². The van der Waals surface area contributed by atoms with Gasteiger partial charge in [-0.05, 0) is 30.9 Å². The molecule has 1 aromatic rings. The number of nitrogens with zero attached hydrogens (tertiary/aromatic N) is 1. The molecule has 0 heterocycles. The quantitative estimate of drug-likeness (QED) is 0.819. The van der Waals surface area contributed by atoms with E-state index in [1.165, 1.54) is 17.7 Å². The topological polar surface area (TPSA) is 29.3 Å². The molecule has 1 aromatic carbocycles. The van der Waals surface area contributed by atoms with Gasteiger partial charge in [0.2, 0.25) is 0 Å². The predicted octanol–water partition coefficient (Wildman–Crippen LogP) is 3.06. The maximum Gasteiger partial charge on any atom is 0.0396 e. The molecule has 0 aliphatic carbocycles. The van der Waals surface area contributed by atoms with E-state index >= 15 is 0 Å². The third-order valence-corrected chi connectivity index (χ3v) is 3.23. The average Bonchev–Trinajstić information content (AvgIpc) is 2.28. The summed E-state index contributed by atoms with van der Waals surface area (Å²) in [7, 11) is 2.17. The molecule has 0 saturated heterocycles. The molecule has 0 aliphatic rings. The van der Waals surface area contributed by atoms with Crippen LogP contribution < -0.4 is 10.6 Å². The predicted molar refractivity (Wildman–Crippen MR) is 76.5 cm³/mol. The van der Waals surface area contributed by atoms with Gasteiger partial charge >= 0.3 is 0 Å². The van der Waals surface area contributed by atoms with Crippen LogP contribution in [0.15, 0.2) is 24.3 Å². The van der Waals surface area contributed by atoms with Gasteiger partial charge in [-0.3, -0.25) is 0 Å². The third kappa shape index (κ3) is 4.39. The monoisotopic (exact) mass is 234 g/mol. The fraction of sp³-hybridized carbons (Fsp3) is 0.600. The Morgan fingerprint density at radius 3 is 2.47 bits per heavy atom. The van der Waals surface area contributed by atoms with Crippen LogP contribution in [0.3, 0.4) is 0 Å². The summed E-state index contributed by atoms with van der Waals surface area (Å²) in [5.41, 5.74) is 8.58. The van der Waals surface area contributed by atoms with E-state index in [0.717, 1.165) is 18.9 Å². The normalized spacial score (nSPS) is 14.4. The third-order valence-electron chi connectivity index (χ3n) is 3.23. The number of benzene rings is 1. The van der Waals surface area contributed by atoms with Crippen molar-refractivity contribution in [2.24, 2.45) is 11.7 Å². The number of hydrogen-bond donors (Lipinski definition) is 1. The Labute approximate surface area is 106 Å².